The first kappa shape index (κ1) is 16.4. The summed E-state index contributed by atoms with van der Waals surface area (Å²) in [7, 11) is 5.06. The average Bonchev–Trinajstić information content (AvgIpc) is 3.16. The predicted molar refractivity (Wildman–Crippen MR) is 83.8 cm³/mol. The number of likely N-dealkylation sites (N-methyl/N-ethyl adjacent to an activating group) is 1. The van der Waals surface area contributed by atoms with Crippen LogP contribution < -0.4 is 0 Å². The first-order valence-electron chi connectivity index (χ1n) is 8.00. The molecule has 0 N–H and O–H groups in total. The number of carbonyl (C=O) groups is 3. The molecule has 2 saturated heterocycles. The molecule has 1 aromatic heterocycles. The zero-order chi connectivity index (χ0) is 17.4. The average molecular weight is 334 g/mol. The Kier molecular flexibility index (Phi) is 4.25. The number of piperidine rings is 1. The van der Waals surface area contributed by atoms with Crippen LogP contribution in [0.3, 0.4) is 0 Å². The highest BCUT2D eigenvalue weighted by Crippen LogP contribution is 2.32. The van der Waals surface area contributed by atoms with E-state index >= 15 is 0 Å². The second-order valence-corrected chi connectivity index (χ2v) is 6.66. The molecule has 24 heavy (non-hydrogen) atoms. The minimum absolute atomic E-state index is 0.0364. The van der Waals surface area contributed by atoms with E-state index in [4.69, 9.17) is 0 Å². The van der Waals surface area contributed by atoms with Crippen LogP contribution in [-0.4, -0.2) is 87.5 Å². The first-order chi connectivity index (χ1) is 11.4. The zero-order valence-corrected chi connectivity index (χ0v) is 14.2. The molecule has 0 aromatic carbocycles. The van der Waals surface area contributed by atoms with Crippen LogP contribution in [0.25, 0.3) is 0 Å². The molecule has 0 aliphatic carbocycles. The summed E-state index contributed by atoms with van der Waals surface area (Å²) in [6.45, 7) is 1.57. The molecule has 0 radical (unpaired) electrons. The number of likely N-dealkylation sites (tertiary alicyclic amines) is 2. The van der Waals surface area contributed by atoms with Gasteiger partial charge in [0.1, 0.15) is 6.33 Å². The number of rotatable bonds is 3. The standard InChI is InChI=1S/C15H22N6O3/c1-18(2)12(22)8-20-5-4-10-6-21(7-11(10)14(20)23)15(24)13-16-9-19(3)17-13/h9-11H,4-8H2,1-3H3/t10-,11+/m0/s1. The molecule has 0 saturated carbocycles. The third kappa shape index (κ3) is 2.98. The number of amides is 3. The summed E-state index contributed by atoms with van der Waals surface area (Å²) in [5, 5.41) is 4.03. The van der Waals surface area contributed by atoms with Crippen LogP contribution in [0.2, 0.25) is 0 Å². The molecule has 3 amide bonds. The maximum absolute atomic E-state index is 12.7. The van der Waals surface area contributed by atoms with Gasteiger partial charge in [-0.25, -0.2) is 4.98 Å². The maximum Gasteiger partial charge on any atom is 0.293 e. The largest absolute Gasteiger partial charge is 0.347 e. The molecular weight excluding hydrogens is 312 g/mol. The lowest BCUT2D eigenvalue weighted by Crippen LogP contribution is -2.49. The zero-order valence-electron chi connectivity index (χ0n) is 14.2. The summed E-state index contributed by atoms with van der Waals surface area (Å²) in [4.78, 5) is 45.7. The second-order valence-electron chi connectivity index (χ2n) is 6.66. The van der Waals surface area contributed by atoms with E-state index in [0.717, 1.165) is 6.42 Å². The number of fused-ring (bicyclic) bond motifs is 1. The molecular formula is C15H22N6O3. The van der Waals surface area contributed by atoms with Gasteiger partial charge in [-0.2, -0.15) is 0 Å². The third-order valence-corrected chi connectivity index (χ3v) is 4.74. The Morgan fingerprint density at radius 1 is 1.33 bits per heavy atom. The lowest BCUT2D eigenvalue weighted by molar-refractivity contribution is -0.145. The Labute approximate surface area is 140 Å². The van der Waals surface area contributed by atoms with Crippen molar-refractivity contribution >= 4 is 17.7 Å². The number of carbonyl (C=O) groups excluding carboxylic acids is 3. The lowest BCUT2D eigenvalue weighted by Gasteiger charge is -2.33. The fraction of sp³-hybridized carbons (Fsp3) is 0.667. The molecule has 130 valence electrons. The molecule has 9 nitrogen and oxygen atoms in total. The summed E-state index contributed by atoms with van der Waals surface area (Å²) in [6.07, 6.45) is 2.28. The van der Waals surface area contributed by atoms with Gasteiger partial charge in [-0.05, 0) is 12.3 Å². The molecule has 2 aliphatic rings. The molecule has 0 bridgehead atoms. The predicted octanol–water partition coefficient (Wildman–Crippen LogP) is -1.18. The maximum atomic E-state index is 12.7. The van der Waals surface area contributed by atoms with Gasteiger partial charge < -0.3 is 14.7 Å². The van der Waals surface area contributed by atoms with E-state index in [1.807, 2.05) is 0 Å². The monoisotopic (exact) mass is 334 g/mol. The Morgan fingerprint density at radius 2 is 2.08 bits per heavy atom. The Hall–Kier alpha value is -2.45. The summed E-state index contributed by atoms with van der Waals surface area (Å²) in [6, 6.07) is 0. The van der Waals surface area contributed by atoms with Gasteiger partial charge in [-0.15, -0.1) is 5.10 Å². The van der Waals surface area contributed by atoms with Crippen LogP contribution >= 0.6 is 0 Å². The van der Waals surface area contributed by atoms with Crippen molar-refractivity contribution in [3.8, 4) is 0 Å². The van der Waals surface area contributed by atoms with E-state index in [1.54, 1.807) is 30.9 Å². The van der Waals surface area contributed by atoms with Crippen LogP contribution in [0.4, 0.5) is 0 Å². The smallest absolute Gasteiger partial charge is 0.293 e. The van der Waals surface area contributed by atoms with Crippen LogP contribution in [0.1, 0.15) is 17.0 Å². The van der Waals surface area contributed by atoms with Crippen molar-refractivity contribution in [2.24, 2.45) is 18.9 Å². The molecule has 9 heteroatoms. The Balaban J connectivity index is 1.66. The number of hydrogen-bond acceptors (Lipinski definition) is 5. The molecule has 1 aromatic rings. The van der Waals surface area contributed by atoms with Crippen molar-refractivity contribution in [2.75, 3.05) is 40.3 Å². The van der Waals surface area contributed by atoms with Crippen molar-refractivity contribution in [3.63, 3.8) is 0 Å². The van der Waals surface area contributed by atoms with Crippen molar-refractivity contribution in [3.05, 3.63) is 12.2 Å². The van der Waals surface area contributed by atoms with Gasteiger partial charge in [0.15, 0.2) is 0 Å². The van der Waals surface area contributed by atoms with Crippen molar-refractivity contribution in [1.82, 2.24) is 29.5 Å². The van der Waals surface area contributed by atoms with Crippen molar-refractivity contribution in [1.29, 1.82) is 0 Å². The summed E-state index contributed by atoms with van der Waals surface area (Å²) in [5.74, 6) is -0.301. The quantitative estimate of drug-likeness (QED) is 0.694. The van der Waals surface area contributed by atoms with Gasteiger partial charge in [0.2, 0.25) is 17.6 Å². The first-order valence-corrected chi connectivity index (χ1v) is 8.00. The molecule has 2 fully saturated rings. The van der Waals surface area contributed by atoms with E-state index in [9.17, 15) is 14.4 Å². The van der Waals surface area contributed by atoms with E-state index in [-0.39, 0.29) is 41.9 Å². The van der Waals surface area contributed by atoms with Crippen LogP contribution in [0, 0.1) is 11.8 Å². The van der Waals surface area contributed by atoms with Crippen LogP contribution in [0.15, 0.2) is 6.33 Å². The van der Waals surface area contributed by atoms with Gasteiger partial charge in [0.25, 0.3) is 5.91 Å². The van der Waals surface area contributed by atoms with Crippen LogP contribution in [-0.2, 0) is 16.6 Å². The summed E-state index contributed by atoms with van der Waals surface area (Å²) < 4.78 is 1.48. The summed E-state index contributed by atoms with van der Waals surface area (Å²) in [5.41, 5.74) is 0. The van der Waals surface area contributed by atoms with Gasteiger partial charge in [0.05, 0.1) is 12.5 Å². The van der Waals surface area contributed by atoms with Gasteiger partial charge >= 0.3 is 0 Å². The minimum Gasteiger partial charge on any atom is -0.347 e. The van der Waals surface area contributed by atoms with E-state index in [2.05, 4.69) is 10.1 Å². The van der Waals surface area contributed by atoms with Gasteiger partial charge in [-0.1, -0.05) is 0 Å². The Bertz CT molecular complexity index is 670. The van der Waals surface area contributed by atoms with E-state index in [0.29, 0.717) is 19.6 Å². The molecule has 3 rings (SSSR count). The highest BCUT2D eigenvalue weighted by molar-refractivity contribution is 5.92. The van der Waals surface area contributed by atoms with Crippen molar-refractivity contribution < 1.29 is 14.4 Å². The lowest BCUT2D eigenvalue weighted by atomic mass is 9.88. The molecule has 2 atom stereocenters. The van der Waals surface area contributed by atoms with Gasteiger partial charge in [0, 0.05) is 40.8 Å². The fourth-order valence-corrected chi connectivity index (χ4v) is 3.32. The topological polar surface area (TPSA) is 91.6 Å². The molecule has 3 heterocycles. The molecule has 2 aliphatic heterocycles. The van der Waals surface area contributed by atoms with E-state index in [1.165, 1.54) is 15.9 Å². The molecule has 0 unspecified atom stereocenters. The number of aromatic nitrogens is 3. The fourth-order valence-electron chi connectivity index (χ4n) is 3.32. The van der Waals surface area contributed by atoms with Crippen LogP contribution in [0.5, 0.6) is 0 Å². The third-order valence-electron chi connectivity index (χ3n) is 4.74. The summed E-state index contributed by atoms with van der Waals surface area (Å²) >= 11 is 0. The van der Waals surface area contributed by atoms with Gasteiger partial charge in [-0.3, -0.25) is 19.1 Å². The number of hydrogen-bond donors (Lipinski definition) is 0. The van der Waals surface area contributed by atoms with E-state index < -0.39 is 0 Å². The van der Waals surface area contributed by atoms with Crippen molar-refractivity contribution in [2.45, 2.75) is 6.42 Å². The highest BCUT2D eigenvalue weighted by atomic mass is 16.2. The SMILES string of the molecule is CN(C)C(=O)CN1CC[C@H]2CN(C(=O)c3ncn(C)n3)C[C@H]2C1=O. The minimum atomic E-state index is -0.242. The second kappa shape index (κ2) is 6.21. The molecule has 0 spiro atoms. The normalized spacial score (nSPS) is 23.4. The number of nitrogens with zero attached hydrogens (tertiary/aromatic N) is 6. The Morgan fingerprint density at radius 3 is 2.71 bits per heavy atom. The highest BCUT2D eigenvalue weighted by Gasteiger charge is 2.45. The number of aryl methyl sites for hydroxylation is 1.